The van der Waals surface area contributed by atoms with E-state index in [1.54, 1.807) is 26.4 Å². The van der Waals surface area contributed by atoms with Crippen LogP contribution in [0.2, 0.25) is 0 Å². The highest BCUT2D eigenvalue weighted by Gasteiger charge is 2.31. The molecule has 1 aromatic carbocycles. The van der Waals surface area contributed by atoms with Crippen LogP contribution in [0.5, 0.6) is 0 Å². The van der Waals surface area contributed by atoms with Crippen LogP contribution in [0.4, 0.5) is 11.5 Å². The van der Waals surface area contributed by atoms with Crippen LogP contribution in [0.25, 0.3) is 0 Å². The van der Waals surface area contributed by atoms with Gasteiger partial charge in [-0.05, 0) is 50.6 Å². The van der Waals surface area contributed by atoms with E-state index in [1.165, 1.54) is 5.56 Å². The number of nitrogens with zero attached hydrogens (tertiary/aromatic N) is 8. The van der Waals surface area contributed by atoms with Crippen LogP contribution in [-0.2, 0) is 6.54 Å². The van der Waals surface area contributed by atoms with E-state index in [0.717, 1.165) is 61.2 Å². The summed E-state index contributed by atoms with van der Waals surface area (Å²) in [5.74, 6) is 1.91. The second-order valence-corrected chi connectivity index (χ2v) is 9.28. The van der Waals surface area contributed by atoms with E-state index in [2.05, 4.69) is 61.7 Å². The fraction of sp³-hybridized carbons (Fsp3) is 0.382. The van der Waals surface area contributed by atoms with Gasteiger partial charge in [-0.25, -0.2) is 9.98 Å². The van der Waals surface area contributed by atoms with Crippen LogP contribution in [0.1, 0.15) is 59.6 Å². The van der Waals surface area contributed by atoms with Gasteiger partial charge in [-0.15, -0.1) is 0 Å². The molecule has 0 amide bonds. The van der Waals surface area contributed by atoms with E-state index < -0.39 is 0 Å². The summed E-state index contributed by atoms with van der Waals surface area (Å²) >= 11 is 0. The molecule has 9 nitrogen and oxygen atoms in total. The first-order valence-corrected chi connectivity index (χ1v) is 15.0. The van der Waals surface area contributed by atoms with Crippen molar-refractivity contribution < 1.29 is 0 Å². The molecule has 0 spiro atoms. The topological polar surface area (TPSA) is 110 Å². The van der Waals surface area contributed by atoms with E-state index in [4.69, 9.17) is 10.7 Å². The lowest BCUT2D eigenvalue weighted by molar-refractivity contribution is 0.155. The van der Waals surface area contributed by atoms with Crippen molar-refractivity contribution in [2.75, 3.05) is 43.9 Å². The van der Waals surface area contributed by atoms with E-state index >= 15 is 0 Å². The summed E-state index contributed by atoms with van der Waals surface area (Å²) in [6.07, 6.45) is 5.34. The van der Waals surface area contributed by atoms with Crippen LogP contribution in [0, 0.1) is 11.3 Å². The Morgan fingerprint density at radius 2 is 1.72 bits per heavy atom. The Bertz CT molecular complexity index is 1410. The van der Waals surface area contributed by atoms with Crippen molar-refractivity contribution in [2.24, 2.45) is 15.0 Å². The summed E-state index contributed by atoms with van der Waals surface area (Å²) in [4.78, 5) is 24.7. The molecule has 0 atom stereocenters. The number of anilines is 2. The molecule has 1 aromatic heterocycles. The minimum absolute atomic E-state index is 0.430. The lowest BCUT2D eigenvalue weighted by Gasteiger charge is -2.37. The number of piperazine rings is 1. The normalized spacial score (nSPS) is 17.5. The minimum atomic E-state index is 0.430. The van der Waals surface area contributed by atoms with Crippen molar-refractivity contribution in [3.05, 3.63) is 89.0 Å². The van der Waals surface area contributed by atoms with Gasteiger partial charge in [0.15, 0.2) is 11.7 Å². The standard InChI is InChI=1S/C30H35N9.2C2H6/c1-6-26-30(33-5)39(29(36-26)25-9-8-14-35-28(25)32)24-12-10-23(11-13-24)20-37-15-17-38(18-16-37)22(4)27(34-7-2)21(3)19-31;2*1-2/h6-14H,4,15-18,20H2,1-3,5H3,(H2,32,35);2*1-2H3/b26-6+,27-21+,33-30?,34-7?;;. The first-order chi connectivity index (χ1) is 20.9. The molecule has 0 bridgehead atoms. The molecule has 2 aromatic rings. The molecule has 4 rings (SSSR count). The smallest absolute Gasteiger partial charge is 0.159 e. The average molecular weight is 582 g/mol. The van der Waals surface area contributed by atoms with Crippen molar-refractivity contribution in [3.8, 4) is 6.07 Å². The number of aromatic nitrogens is 1. The Morgan fingerprint density at radius 1 is 1.07 bits per heavy atom. The number of rotatable bonds is 7. The van der Waals surface area contributed by atoms with Gasteiger partial charge in [0, 0.05) is 57.9 Å². The number of aliphatic imine (C=N–C) groups is 3. The summed E-state index contributed by atoms with van der Waals surface area (Å²) in [6.45, 7) is 22.1. The number of nitrogen functional groups attached to an aromatic ring is 1. The number of nitrogens with two attached hydrogens (primary N) is 1. The van der Waals surface area contributed by atoms with E-state index in [-0.39, 0.29) is 0 Å². The van der Waals surface area contributed by atoms with Crippen LogP contribution in [-0.4, -0.2) is 65.9 Å². The van der Waals surface area contributed by atoms with Gasteiger partial charge in [0.25, 0.3) is 0 Å². The van der Waals surface area contributed by atoms with Gasteiger partial charge < -0.3 is 10.6 Å². The lowest BCUT2D eigenvalue weighted by Crippen LogP contribution is -2.45. The zero-order chi connectivity index (χ0) is 31.9. The third-order valence-corrected chi connectivity index (χ3v) is 6.85. The predicted octanol–water partition coefficient (Wildman–Crippen LogP) is 6.43. The average Bonchev–Trinajstić information content (AvgIpc) is 3.44. The number of hydrogen-bond acceptors (Lipinski definition) is 8. The molecular weight excluding hydrogens is 534 g/mol. The molecule has 9 heteroatoms. The van der Waals surface area contributed by atoms with Gasteiger partial charge in [-0.2, -0.15) is 5.26 Å². The molecule has 3 heterocycles. The van der Waals surface area contributed by atoms with Crippen molar-refractivity contribution in [2.45, 2.75) is 55.0 Å². The third kappa shape index (κ3) is 8.27. The van der Waals surface area contributed by atoms with E-state index in [0.29, 0.717) is 22.9 Å². The molecule has 0 radical (unpaired) electrons. The molecule has 1 fully saturated rings. The summed E-state index contributed by atoms with van der Waals surface area (Å²) in [7, 11) is 1.77. The number of nitriles is 1. The van der Waals surface area contributed by atoms with E-state index in [9.17, 15) is 5.26 Å². The molecule has 228 valence electrons. The second-order valence-electron chi connectivity index (χ2n) is 9.28. The third-order valence-electron chi connectivity index (χ3n) is 6.85. The molecular formula is C34H47N9. The zero-order valence-electron chi connectivity index (χ0n) is 27.1. The van der Waals surface area contributed by atoms with Crippen molar-refractivity contribution in [3.63, 3.8) is 0 Å². The number of allylic oxidation sites excluding steroid dienone is 2. The van der Waals surface area contributed by atoms with Crippen molar-refractivity contribution in [1.82, 2.24) is 14.8 Å². The monoisotopic (exact) mass is 581 g/mol. The Balaban J connectivity index is 0.00000155. The highest BCUT2D eigenvalue weighted by Crippen LogP contribution is 2.29. The SMILES string of the molecule is C=C(/C(N=CC)=C(/C)C#N)N1CCN(Cc2ccc(N3C(=NC)/C(=C\C)N=C3c3cccnc3N)cc2)CC1.CC.CC. The molecule has 1 saturated heterocycles. The number of pyridine rings is 1. The molecule has 0 saturated carbocycles. The summed E-state index contributed by atoms with van der Waals surface area (Å²) in [6, 6.07) is 14.5. The molecule has 2 aliphatic heterocycles. The molecule has 0 unspecified atom stereocenters. The van der Waals surface area contributed by atoms with Crippen LogP contribution in [0.3, 0.4) is 0 Å². The van der Waals surface area contributed by atoms with Gasteiger partial charge >= 0.3 is 0 Å². The van der Waals surface area contributed by atoms with Crippen LogP contribution in [0.15, 0.2) is 92.9 Å². The Kier molecular flexibility index (Phi) is 14.0. The fourth-order valence-electron chi connectivity index (χ4n) is 4.77. The zero-order valence-corrected chi connectivity index (χ0v) is 27.1. The second kappa shape index (κ2) is 17.4. The van der Waals surface area contributed by atoms with E-state index in [1.807, 2.05) is 64.7 Å². The van der Waals surface area contributed by atoms with Gasteiger partial charge in [0.05, 0.1) is 28.6 Å². The maximum absolute atomic E-state index is 9.34. The predicted molar refractivity (Wildman–Crippen MR) is 182 cm³/mol. The quantitative estimate of drug-likeness (QED) is 0.229. The largest absolute Gasteiger partial charge is 0.383 e. The Hall–Kier alpha value is -4.55. The highest BCUT2D eigenvalue weighted by atomic mass is 15.3. The summed E-state index contributed by atoms with van der Waals surface area (Å²) in [5, 5.41) is 9.34. The number of benzene rings is 1. The Morgan fingerprint density at radius 3 is 2.26 bits per heavy atom. The minimum Gasteiger partial charge on any atom is -0.383 e. The first-order valence-electron chi connectivity index (χ1n) is 15.0. The lowest BCUT2D eigenvalue weighted by atomic mass is 10.1. The molecule has 2 N–H and O–H groups in total. The summed E-state index contributed by atoms with van der Waals surface area (Å²) < 4.78 is 0. The molecule has 0 aliphatic carbocycles. The van der Waals surface area contributed by atoms with Crippen LogP contribution >= 0.6 is 0 Å². The van der Waals surface area contributed by atoms with Crippen molar-refractivity contribution >= 4 is 29.4 Å². The van der Waals surface area contributed by atoms with Crippen LogP contribution < -0.4 is 10.6 Å². The summed E-state index contributed by atoms with van der Waals surface area (Å²) in [5.41, 5.74) is 12.0. The van der Waals surface area contributed by atoms with Gasteiger partial charge in [0.2, 0.25) is 0 Å². The molecule has 43 heavy (non-hydrogen) atoms. The molecule has 2 aliphatic rings. The number of amidine groups is 2. The van der Waals surface area contributed by atoms with Gasteiger partial charge in [-0.1, -0.05) is 52.5 Å². The fourth-order valence-corrected chi connectivity index (χ4v) is 4.77. The maximum Gasteiger partial charge on any atom is 0.159 e. The maximum atomic E-state index is 9.34. The Labute approximate surface area is 258 Å². The number of hydrogen-bond donors (Lipinski definition) is 1. The van der Waals surface area contributed by atoms with Gasteiger partial charge in [0.1, 0.15) is 11.5 Å². The first kappa shape index (κ1) is 34.7. The van der Waals surface area contributed by atoms with Crippen molar-refractivity contribution in [1.29, 1.82) is 5.26 Å². The highest BCUT2D eigenvalue weighted by molar-refractivity contribution is 6.34. The van der Waals surface area contributed by atoms with Gasteiger partial charge in [-0.3, -0.25) is 19.8 Å².